The van der Waals surface area contributed by atoms with E-state index in [1.165, 1.54) is 12.4 Å². The lowest BCUT2D eigenvalue weighted by Gasteiger charge is -2.10. The number of amides is 1. The van der Waals surface area contributed by atoms with Gasteiger partial charge in [0.25, 0.3) is 0 Å². The Morgan fingerprint density at radius 3 is 2.90 bits per heavy atom. The lowest BCUT2D eigenvalue weighted by molar-refractivity contribution is -0.119. The van der Waals surface area contributed by atoms with E-state index in [4.69, 9.17) is 0 Å². The molecular weight excluding hydrogens is 286 g/mol. The number of hydrogen-bond acceptors (Lipinski definition) is 4. The van der Waals surface area contributed by atoms with Crippen LogP contribution in [0.15, 0.2) is 29.4 Å². The number of hydrogen-bond donors (Lipinski definition) is 2. The number of rotatable bonds is 5. The van der Waals surface area contributed by atoms with Crippen molar-refractivity contribution in [3.63, 3.8) is 0 Å². The van der Waals surface area contributed by atoms with Gasteiger partial charge in [-0.3, -0.25) is 9.89 Å². The second kappa shape index (κ2) is 6.47. The van der Waals surface area contributed by atoms with Crippen LogP contribution in [-0.2, 0) is 4.79 Å². The van der Waals surface area contributed by atoms with Crippen molar-refractivity contribution < 1.29 is 13.6 Å². The van der Waals surface area contributed by atoms with E-state index >= 15 is 0 Å². The zero-order valence-electron chi connectivity index (χ0n) is 10.6. The largest absolute Gasteiger partial charge is 0.346 e. The van der Waals surface area contributed by atoms with E-state index in [0.29, 0.717) is 10.7 Å². The summed E-state index contributed by atoms with van der Waals surface area (Å²) in [6, 6.07) is 3.23. The molecule has 2 N–H and O–H groups in total. The highest BCUT2D eigenvalue weighted by molar-refractivity contribution is 8.00. The molecule has 1 aromatic heterocycles. The van der Waals surface area contributed by atoms with Crippen LogP contribution >= 0.6 is 11.8 Å². The fraction of sp³-hybridized carbons (Fsp3) is 0.250. The first-order chi connectivity index (χ1) is 9.56. The van der Waals surface area contributed by atoms with Crippen LogP contribution < -0.4 is 5.32 Å². The van der Waals surface area contributed by atoms with Crippen LogP contribution in [-0.4, -0.2) is 26.8 Å². The van der Waals surface area contributed by atoms with Gasteiger partial charge in [-0.15, -0.1) is 11.8 Å². The molecular formula is C12H12F2N4OS. The third kappa shape index (κ3) is 3.77. The fourth-order valence-corrected chi connectivity index (χ4v) is 2.22. The first kappa shape index (κ1) is 14.4. The fourth-order valence-electron chi connectivity index (χ4n) is 1.49. The zero-order chi connectivity index (χ0) is 14.5. The van der Waals surface area contributed by atoms with E-state index in [0.717, 1.165) is 23.9 Å². The van der Waals surface area contributed by atoms with Gasteiger partial charge >= 0.3 is 0 Å². The van der Waals surface area contributed by atoms with E-state index in [9.17, 15) is 13.6 Å². The number of aromatic nitrogens is 3. The first-order valence-electron chi connectivity index (χ1n) is 5.78. The number of H-pyrrole nitrogens is 1. The van der Waals surface area contributed by atoms with Crippen molar-refractivity contribution in [3.05, 3.63) is 42.0 Å². The molecule has 0 radical (unpaired) electrons. The number of carbonyl (C=O) groups excluding carboxylic acids is 1. The number of nitrogens with one attached hydrogen (secondary N) is 2. The SMILES string of the molecule is CC(NC(=O)CSc1ccc(F)c(F)c1)c1ncn[nH]1. The predicted octanol–water partition coefficient (Wildman–Crippen LogP) is 2.05. The standard InChI is InChI=1S/C12H12F2N4OS/c1-7(12-15-6-16-18-12)17-11(19)5-20-8-2-3-9(13)10(14)4-8/h2-4,6-7H,5H2,1H3,(H,17,19)(H,15,16,18). The number of benzene rings is 1. The molecule has 1 aromatic carbocycles. The normalized spacial score (nSPS) is 12.2. The maximum Gasteiger partial charge on any atom is 0.230 e. The molecule has 8 heteroatoms. The highest BCUT2D eigenvalue weighted by Gasteiger charge is 2.12. The van der Waals surface area contributed by atoms with Gasteiger partial charge < -0.3 is 5.32 Å². The number of thioether (sulfide) groups is 1. The Labute approximate surface area is 118 Å². The summed E-state index contributed by atoms with van der Waals surface area (Å²) in [4.78, 5) is 16.1. The summed E-state index contributed by atoms with van der Waals surface area (Å²) in [7, 11) is 0. The average molecular weight is 298 g/mol. The lowest BCUT2D eigenvalue weighted by atomic mass is 10.3. The second-order valence-corrected chi connectivity index (χ2v) is 5.07. The van der Waals surface area contributed by atoms with Crippen LogP contribution in [0.1, 0.15) is 18.8 Å². The van der Waals surface area contributed by atoms with Gasteiger partial charge in [-0.2, -0.15) is 5.10 Å². The minimum atomic E-state index is -0.926. The van der Waals surface area contributed by atoms with Gasteiger partial charge in [0.1, 0.15) is 12.2 Å². The molecule has 0 saturated carbocycles. The smallest absolute Gasteiger partial charge is 0.230 e. The Bertz CT molecular complexity index is 591. The van der Waals surface area contributed by atoms with Gasteiger partial charge in [-0.1, -0.05) is 0 Å². The zero-order valence-corrected chi connectivity index (χ0v) is 11.4. The Morgan fingerprint density at radius 2 is 2.25 bits per heavy atom. The van der Waals surface area contributed by atoms with Crippen LogP contribution in [0.3, 0.4) is 0 Å². The van der Waals surface area contributed by atoms with E-state index in [-0.39, 0.29) is 17.7 Å². The topological polar surface area (TPSA) is 70.7 Å². The second-order valence-electron chi connectivity index (χ2n) is 4.02. The van der Waals surface area contributed by atoms with Crippen LogP contribution in [0.2, 0.25) is 0 Å². The molecule has 0 saturated heterocycles. The summed E-state index contributed by atoms with van der Waals surface area (Å²) in [5.74, 6) is -1.41. The van der Waals surface area contributed by atoms with E-state index in [2.05, 4.69) is 20.5 Å². The quantitative estimate of drug-likeness (QED) is 0.829. The number of aromatic amines is 1. The molecule has 1 unspecified atom stereocenters. The highest BCUT2D eigenvalue weighted by Crippen LogP contribution is 2.20. The first-order valence-corrected chi connectivity index (χ1v) is 6.77. The summed E-state index contributed by atoms with van der Waals surface area (Å²) >= 11 is 1.13. The van der Waals surface area contributed by atoms with Crippen molar-refractivity contribution in [3.8, 4) is 0 Å². The van der Waals surface area contributed by atoms with Gasteiger partial charge in [0.05, 0.1) is 11.8 Å². The maximum atomic E-state index is 13.0. The Hall–Kier alpha value is -1.96. The molecule has 0 aliphatic heterocycles. The summed E-state index contributed by atoms with van der Waals surface area (Å²) in [6.07, 6.45) is 1.36. The van der Waals surface area contributed by atoms with E-state index < -0.39 is 11.6 Å². The number of nitrogens with zero attached hydrogens (tertiary/aromatic N) is 2. The molecule has 1 heterocycles. The van der Waals surface area contributed by atoms with Gasteiger partial charge in [0.15, 0.2) is 11.6 Å². The molecule has 1 amide bonds. The van der Waals surface area contributed by atoms with Gasteiger partial charge in [0, 0.05) is 4.90 Å². The van der Waals surface area contributed by atoms with E-state index in [1.807, 2.05) is 0 Å². The number of halogens is 2. The third-order valence-electron chi connectivity index (χ3n) is 2.48. The Morgan fingerprint density at radius 1 is 1.45 bits per heavy atom. The molecule has 0 spiro atoms. The van der Waals surface area contributed by atoms with Crippen molar-refractivity contribution in [1.82, 2.24) is 20.5 Å². The molecule has 2 aromatic rings. The number of carbonyl (C=O) groups is 1. The van der Waals surface area contributed by atoms with Gasteiger partial charge in [-0.25, -0.2) is 13.8 Å². The molecule has 0 aliphatic carbocycles. The van der Waals surface area contributed by atoms with Crippen LogP contribution in [0.4, 0.5) is 8.78 Å². The van der Waals surface area contributed by atoms with Crippen molar-refractivity contribution in [1.29, 1.82) is 0 Å². The van der Waals surface area contributed by atoms with Crippen LogP contribution in [0.5, 0.6) is 0 Å². The molecule has 20 heavy (non-hydrogen) atoms. The molecule has 0 bridgehead atoms. The monoisotopic (exact) mass is 298 g/mol. The highest BCUT2D eigenvalue weighted by atomic mass is 32.2. The minimum Gasteiger partial charge on any atom is -0.346 e. The van der Waals surface area contributed by atoms with Crippen molar-refractivity contribution in [2.75, 3.05) is 5.75 Å². The third-order valence-corrected chi connectivity index (χ3v) is 3.48. The molecule has 5 nitrogen and oxygen atoms in total. The molecule has 1 atom stereocenters. The molecule has 0 fully saturated rings. The Kier molecular flexibility index (Phi) is 4.67. The van der Waals surface area contributed by atoms with Crippen LogP contribution in [0, 0.1) is 11.6 Å². The van der Waals surface area contributed by atoms with Crippen molar-refractivity contribution in [2.45, 2.75) is 17.9 Å². The van der Waals surface area contributed by atoms with Crippen LogP contribution in [0.25, 0.3) is 0 Å². The predicted molar refractivity (Wildman–Crippen MR) is 70.0 cm³/mol. The average Bonchev–Trinajstić information content (AvgIpc) is 2.94. The van der Waals surface area contributed by atoms with Gasteiger partial charge in [0.2, 0.25) is 5.91 Å². The van der Waals surface area contributed by atoms with Crippen molar-refractivity contribution in [2.24, 2.45) is 0 Å². The van der Waals surface area contributed by atoms with E-state index in [1.54, 1.807) is 6.92 Å². The summed E-state index contributed by atoms with van der Waals surface area (Å²) in [5.41, 5.74) is 0. The molecule has 2 rings (SSSR count). The summed E-state index contributed by atoms with van der Waals surface area (Å²) in [5, 5.41) is 9.07. The molecule has 0 aliphatic rings. The van der Waals surface area contributed by atoms with Gasteiger partial charge in [-0.05, 0) is 25.1 Å². The minimum absolute atomic E-state index is 0.101. The Balaban J connectivity index is 1.84. The molecule has 106 valence electrons. The lowest BCUT2D eigenvalue weighted by Crippen LogP contribution is -2.28. The maximum absolute atomic E-state index is 13.0. The summed E-state index contributed by atoms with van der Waals surface area (Å²) < 4.78 is 25.7. The summed E-state index contributed by atoms with van der Waals surface area (Å²) in [6.45, 7) is 1.76. The van der Waals surface area contributed by atoms with Crippen molar-refractivity contribution >= 4 is 17.7 Å².